The number of carboxylic acid groups (broad SMARTS) is 1. The van der Waals surface area contributed by atoms with Crippen molar-refractivity contribution in [1.82, 2.24) is 29.8 Å². The standard InChI is InChI=1S/C35H35F4N9O5/c1-53-27-13-22(36)21(12-23(27)37)24-11-20(26(14-41-24)47-9-5-8-35(40,16-47)29(49)30(38)39)15-48-18-44-28-31(42-17-43-32(28)48)46-34(52)45-25(33(50)51)10-19-6-3-2-4-7-19/h2-4,6-7,11-14,17-18,25,29-30,49H,5,8-10,15-16,40H2,1H3,(H,50,51)(H2,42,43,45,46,52)/t25-,29+,35+/m0/s1. The van der Waals surface area contributed by atoms with Gasteiger partial charge in [-0.05, 0) is 36.1 Å². The Kier molecular flexibility index (Phi) is 10.7. The second kappa shape index (κ2) is 15.4. The van der Waals surface area contributed by atoms with E-state index in [0.29, 0.717) is 29.8 Å². The van der Waals surface area contributed by atoms with E-state index < -0.39 is 47.7 Å². The number of aliphatic hydroxyl groups excluding tert-OH is 1. The van der Waals surface area contributed by atoms with E-state index in [1.807, 2.05) is 0 Å². The SMILES string of the molecule is COc1cc(F)c(-c2cc(Cn3cnc4c(NC(=O)N[C@@H](Cc5ccccc5)C(=O)O)ncnc43)c(N3CCC[C@](N)([C@H](O)C(F)F)C3)cn2)cc1F. The summed E-state index contributed by atoms with van der Waals surface area (Å²) in [6.45, 7) is 0.190. The van der Waals surface area contributed by atoms with Gasteiger partial charge >= 0.3 is 12.0 Å². The van der Waals surface area contributed by atoms with Gasteiger partial charge in [0.25, 0.3) is 6.43 Å². The lowest BCUT2D eigenvalue weighted by molar-refractivity contribution is -0.139. The van der Waals surface area contributed by atoms with Gasteiger partial charge in [0.1, 0.15) is 24.3 Å². The second-order valence-corrected chi connectivity index (χ2v) is 12.6. The average Bonchev–Trinajstić information content (AvgIpc) is 3.55. The highest BCUT2D eigenvalue weighted by molar-refractivity contribution is 5.97. The molecular weight excluding hydrogens is 702 g/mol. The van der Waals surface area contributed by atoms with Crippen molar-refractivity contribution in [2.75, 3.05) is 30.4 Å². The van der Waals surface area contributed by atoms with E-state index in [-0.39, 0.29) is 59.9 Å². The Morgan fingerprint density at radius 2 is 1.85 bits per heavy atom. The van der Waals surface area contributed by atoms with Crippen molar-refractivity contribution in [3.63, 3.8) is 0 Å². The minimum atomic E-state index is -3.08. The smallest absolute Gasteiger partial charge is 0.326 e. The quantitative estimate of drug-likeness (QED) is 0.116. The number of nitrogens with zero attached hydrogens (tertiary/aromatic N) is 6. The van der Waals surface area contributed by atoms with Gasteiger partial charge in [0.2, 0.25) is 0 Å². The lowest BCUT2D eigenvalue weighted by Gasteiger charge is -2.44. The number of nitrogens with two attached hydrogens (primary N) is 1. The van der Waals surface area contributed by atoms with Crippen molar-refractivity contribution in [3.8, 4) is 17.0 Å². The van der Waals surface area contributed by atoms with Crippen LogP contribution in [0.1, 0.15) is 24.0 Å². The summed E-state index contributed by atoms with van der Waals surface area (Å²) in [5, 5.41) is 25.0. The van der Waals surface area contributed by atoms with Gasteiger partial charge in [0.05, 0.1) is 43.1 Å². The lowest BCUT2D eigenvalue weighted by Crippen LogP contribution is -2.63. The summed E-state index contributed by atoms with van der Waals surface area (Å²) in [6, 6.07) is 10.0. The maximum Gasteiger partial charge on any atom is 0.326 e. The third kappa shape index (κ3) is 7.97. The number of halogens is 4. The first kappa shape index (κ1) is 36.9. The van der Waals surface area contributed by atoms with Crippen molar-refractivity contribution in [1.29, 1.82) is 0 Å². The van der Waals surface area contributed by atoms with E-state index in [1.54, 1.807) is 39.8 Å². The Morgan fingerprint density at radius 3 is 2.57 bits per heavy atom. The normalized spacial score (nSPS) is 17.1. The average molecular weight is 738 g/mol. The van der Waals surface area contributed by atoms with E-state index in [1.165, 1.54) is 32.0 Å². The monoisotopic (exact) mass is 737 g/mol. The first-order valence-corrected chi connectivity index (χ1v) is 16.4. The van der Waals surface area contributed by atoms with Crippen LogP contribution >= 0.6 is 0 Å². The number of imidazole rings is 1. The van der Waals surface area contributed by atoms with Crippen LogP contribution in [0.4, 0.5) is 33.9 Å². The molecule has 14 nitrogen and oxygen atoms in total. The number of carboxylic acids is 1. The Labute approximate surface area is 299 Å². The van der Waals surface area contributed by atoms with E-state index in [9.17, 15) is 33.0 Å². The van der Waals surface area contributed by atoms with E-state index >= 15 is 4.39 Å². The molecule has 4 heterocycles. The van der Waals surface area contributed by atoms with E-state index in [0.717, 1.165) is 12.1 Å². The molecule has 18 heteroatoms. The molecule has 1 aliphatic heterocycles. The first-order valence-electron chi connectivity index (χ1n) is 16.4. The zero-order valence-electron chi connectivity index (χ0n) is 28.2. The summed E-state index contributed by atoms with van der Waals surface area (Å²) in [5.41, 5.74) is 6.52. The number of carbonyl (C=O) groups excluding carboxylic acids is 1. The summed E-state index contributed by atoms with van der Waals surface area (Å²) < 4.78 is 63.6. The summed E-state index contributed by atoms with van der Waals surface area (Å²) in [7, 11) is 1.20. The van der Waals surface area contributed by atoms with Crippen LogP contribution in [0, 0.1) is 11.6 Å². The molecule has 1 saturated heterocycles. The van der Waals surface area contributed by atoms with Crippen molar-refractivity contribution in [2.24, 2.45) is 5.73 Å². The number of fused-ring (bicyclic) bond motifs is 1. The zero-order valence-corrected chi connectivity index (χ0v) is 28.2. The molecule has 1 aliphatic rings. The van der Waals surface area contributed by atoms with Gasteiger partial charge in [0, 0.05) is 31.1 Å². The molecule has 278 valence electrons. The number of pyridine rings is 1. The van der Waals surface area contributed by atoms with Gasteiger partial charge in [-0.25, -0.2) is 42.1 Å². The van der Waals surface area contributed by atoms with Gasteiger partial charge in [-0.15, -0.1) is 0 Å². The lowest BCUT2D eigenvalue weighted by atomic mass is 9.84. The van der Waals surface area contributed by atoms with Crippen molar-refractivity contribution >= 4 is 34.7 Å². The number of methoxy groups -OCH3 is 1. The van der Waals surface area contributed by atoms with Crippen LogP contribution < -0.4 is 26.0 Å². The molecule has 6 rings (SSSR count). The van der Waals surface area contributed by atoms with Crippen LogP contribution in [0.2, 0.25) is 0 Å². The highest BCUT2D eigenvalue weighted by Gasteiger charge is 2.43. The molecule has 0 unspecified atom stereocenters. The van der Waals surface area contributed by atoms with Crippen LogP contribution in [-0.4, -0.2) is 91.0 Å². The molecule has 5 aromatic rings. The Balaban J connectivity index is 1.32. The van der Waals surface area contributed by atoms with Crippen LogP contribution in [0.3, 0.4) is 0 Å². The molecule has 0 aliphatic carbocycles. The number of aliphatic hydroxyl groups is 1. The fraction of sp³-hybridized carbons (Fsp3) is 0.314. The molecule has 6 N–H and O–H groups in total. The summed E-state index contributed by atoms with van der Waals surface area (Å²) in [6.07, 6.45) is -0.671. The zero-order chi connectivity index (χ0) is 37.9. The highest BCUT2D eigenvalue weighted by Crippen LogP contribution is 2.35. The van der Waals surface area contributed by atoms with Gasteiger partial charge < -0.3 is 35.5 Å². The molecular formula is C35H35F4N9O5. The number of aliphatic carboxylic acids is 1. The van der Waals surface area contributed by atoms with Gasteiger partial charge in [-0.2, -0.15) is 0 Å². The number of aromatic nitrogens is 5. The number of benzene rings is 2. The van der Waals surface area contributed by atoms with Gasteiger partial charge in [0.15, 0.2) is 28.5 Å². The number of hydrogen-bond acceptors (Lipinski definition) is 10. The Morgan fingerprint density at radius 1 is 1.08 bits per heavy atom. The van der Waals surface area contributed by atoms with E-state index in [4.69, 9.17) is 10.5 Å². The second-order valence-electron chi connectivity index (χ2n) is 12.6. The third-order valence-corrected chi connectivity index (χ3v) is 9.07. The Hall–Kier alpha value is -5.88. The van der Waals surface area contributed by atoms with Crippen LogP contribution in [0.25, 0.3) is 22.4 Å². The fourth-order valence-electron chi connectivity index (χ4n) is 6.36. The molecule has 53 heavy (non-hydrogen) atoms. The topological polar surface area (TPSA) is 194 Å². The number of anilines is 2. The van der Waals surface area contributed by atoms with Crippen molar-refractivity contribution < 1.29 is 42.1 Å². The molecule has 2 amide bonds. The maximum absolute atomic E-state index is 15.2. The third-order valence-electron chi connectivity index (χ3n) is 9.07. The number of piperidine rings is 1. The number of ether oxygens (including phenoxy) is 1. The first-order chi connectivity index (χ1) is 25.4. The van der Waals surface area contributed by atoms with Crippen LogP contribution in [-0.2, 0) is 17.8 Å². The van der Waals surface area contributed by atoms with Gasteiger partial charge in [-0.1, -0.05) is 30.3 Å². The summed E-state index contributed by atoms with van der Waals surface area (Å²) in [4.78, 5) is 43.8. The van der Waals surface area contributed by atoms with Crippen molar-refractivity contribution in [2.45, 2.75) is 49.9 Å². The van der Waals surface area contributed by atoms with Crippen LogP contribution in [0.15, 0.2) is 67.4 Å². The maximum atomic E-state index is 15.2. The minimum absolute atomic E-state index is 0.0199. The number of carbonyl (C=O) groups is 2. The fourth-order valence-corrected chi connectivity index (χ4v) is 6.36. The number of nitrogens with one attached hydrogen (secondary N) is 2. The number of urea groups is 1. The molecule has 1 fully saturated rings. The molecule has 0 saturated carbocycles. The molecule has 2 aromatic carbocycles. The van der Waals surface area contributed by atoms with Crippen LogP contribution in [0.5, 0.6) is 5.75 Å². The molecule has 3 atom stereocenters. The molecule has 3 aromatic heterocycles. The number of amides is 2. The molecule has 0 spiro atoms. The predicted molar refractivity (Wildman–Crippen MR) is 185 cm³/mol. The highest BCUT2D eigenvalue weighted by atomic mass is 19.3. The molecule has 0 bridgehead atoms. The number of alkyl halides is 2. The van der Waals surface area contributed by atoms with Gasteiger partial charge in [-0.3, -0.25) is 10.3 Å². The summed E-state index contributed by atoms with van der Waals surface area (Å²) >= 11 is 0. The summed E-state index contributed by atoms with van der Waals surface area (Å²) in [5.74, 6) is -3.19. The minimum Gasteiger partial charge on any atom is -0.494 e. The number of rotatable bonds is 12. The Bertz CT molecular complexity index is 2120. The van der Waals surface area contributed by atoms with Crippen molar-refractivity contribution in [3.05, 3.63) is 90.1 Å². The molecule has 0 radical (unpaired) electrons. The number of hydrogen-bond donors (Lipinski definition) is 5. The predicted octanol–water partition coefficient (Wildman–Crippen LogP) is 3.96. The van der Waals surface area contributed by atoms with E-state index in [2.05, 4.69) is 30.6 Å². The largest absolute Gasteiger partial charge is 0.494 e.